The molecule has 2 aromatic rings. The molecule has 0 amide bonds. The van der Waals surface area contributed by atoms with E-state index >= 15 is 0 Å². The quantitative estimate of drug-likeness (QED) is 0.420. The Bertz CT molecular complexity index is 438. The Hall–Kier alpha value is -2.56. The van der Waals surface area contributed by atoms with E-state index < -0.39 is 0 Å². The van der Waals surface area contributed by atoms with Gasteiger partial charge in [-0.1, -0.05) is 30.3 Å². The number of nitroso groups, excluding NO2 is 1. The van der Waals surface area contributed by atoms with Gasteiger partial charge < -0.3 is 11.5 Å². The molecule has 0 bridgehead atoms. The normalized spacial score (nSPS) is 8.71. The van der Waals surface area contributed by atoms with E-state index in [2.05, 4.69) is 10.7 Å². The number of rotatable bonds is 2. The van der Waals surface area contributed by atoms with Crippen molar-refractivity contribution in [3.05, 3.63) is 59.5 Å². The van der Waals surface area contributed by atoms with Crippen LogP contribution in [0.15, 0.2) is 59.9 Å². The molecule has 0 heterocycles. The molecule has 0 fully saturated rings. The van der Waals surface area contributed by atoms with Crippen molar-refractivity contribution in [1.29, 1.82) is 0 Å². The van der Waals surface area contributed by atoms with Crippen molar-refractivity contribution in [2.75, 3.05) is 16.9 Å². The average Bonchev–Trinajstić information content (AvgIpc) is 2.36. The molecule has 0 aliphatic carbocycles. The smallest absolute Gasteiger partial charge is 0.0594 e. The first-order valence-corrected chi connectivity index (χ1v) is 4.97. The van der Waals surface area contributed by atoms with Gasteiger partial charge in [0.05, 0.1) is 22.3 Å². The van der Waals surface area contributed by atoms with E-state index in [0.29, 0.717) is 17.1 Å². The van der Waals surface area contributed by atoms with E-state index in [1.54, 1.807) is 24.3 Å². The number of anilines is 3. The summed E-state index contributed by atoms with van der Waals surface area (Å²) in [4.78, 5) is 9.61. The Kier molecular flexibility index (Phi) is 5.03. The van der Waals surface area contributed by atoms with Crippen molar-refractivity contribution >= 4 is 17.1 Å². The van der Waals surface area contributed by atoms with Gasteiger partial charge in [0.15, 0.2) is 0 Å². The van der Waals surface area contributed by atoms with E-state index in [9.17, 15) is 4.91 Å². The Morgan fingerprint density at radius 2 is 1.29 bits per heavy atom. The lowest BCUT2D eigenvalue weighted by atomic mass is 10.3. The third-order valence-corrected chi connectivity index (χ3v) is 1.94. The molecule has 0 saturated carbocycles. The Labute approximate surface area is 99.4 Å². The number of nitrogen functional groups attached to an aromatic ring is 2. The van der Waals surface area contributed by atoms with Gasteiger partial charge in [-0.25, -0.2) is 5.43 Å². The molecule has 0 aromatic heterocycles. The lowest BCUT2D eigenvalue weighted by molar-refractivity contribution is 1.32. The molecule has 0 atom stereocenters. The lowest BCUT2D eigenvalue weighted by Crippen LogP contribution is -1.91. The van der Waals surface area contributed by atoms with Crippen LogP contribution in [0.1, 0.15) is 0 Å². The molecule has 0 saturated heterocycles. The molecule has 0 aliphatic heterocycles. The van der Waals surface area contributed by atoms with Gasteiger partial charge in [0.2, 0.25) is 0 Å². The summed E-state index contributed by atoms with van der Waals surface area (Å²) < 4.78 is 0. The molecule has 5 N–H and O–H groups in total. The van der Waals surface area contributed by atoms with Crippen molar-refractivity contribution in [1.82, 2.24) is 0 Å². The third kappa shape index (κ3) is 4.65. The number of hydrogen-bond acceptors (Lipinski definition) is 4. The maximum atomic E-state index is 9.61. The Balaban J connectivity index is 0.000000171. The molecule has 5 nitrogen and oxygen atoms in total. The highest BCUT2D eigenvalue weighted by molar-refractivity contribution is 5.62. The second kappa shape index (κ2) is 6.84. The fourth-order valence-corrected chi connectivity index (χ4v) is 1.08. The lowest BCUT2D eigenvalue weighted by Gasteiger charge is -1.94. The second-order valence-corrected chi connectivity index (χ2v) is 3.20. The van der Waals surface area contributed by atoms with Gasteiger partial charge in [-0.05, 0) is 24.3 Å². The van der Waals surface area contributed by atoms with Gasteiger partial charge in [-0.2, -0.15) is 0 Å². The van der Waals surface area contributed by atoms with E-state index in [0.717, 1.165) is 0 Å². The Morgan fingerprint density at radius 3 is 1.71 bits per heavy atom. The average molecular weight is 230 g/mol. The van der Waals surface area contributed by atoms with Gasteiger partial charge in [0.25, 0.3) is 0 Å². The predicted octanol–water partition coefficient (Wildman–Crippen LogP) is 2.63. The van der Waals surface area contributed by atoms with Gasteiger partial charge >= 0.3 is 0 Å². The van der Waals surface area contributed by atoms with Gasteiger partial charge in [-0.3, -0.25) is 0 Å². The van der Waals surface area contributed by atoms with Crippen molar-refractivity contribution in [2.45, 2.75) is 0 Å². The zero-order valence-corrected chi connectivity index (χ0v) is 9.21. The maximum absolute atomic E-state index is 9.61. The number of nitrogens with zero attached hydrogens (tertiary/aromatic N) is 1. The molecule has 2 rings (SSSR count). The van der Waals surface area contributed by atoms with E-state index in [4.69, 9.17) is 11.5 Å². The van der Waals surface area contributed by atoms with Crippen LogP contribution in [0, 0.1) is 4.91 Å². The highest BCUT2D eigenvalue weighted by Gasteiger charge is 1.85. The van der Waals surface area contributed by atoms with E-state index in [1.807, 2.05) is 30.3 Å². The number of nitrogens with two attached hydrogens (primary N) is 2. The van der Waals surface area contributed by atoms with Crippen LogP contribution in [0.5, 0.6) is 0 Å². The van der Waals surface area contributed by atoms with Crippen LogP contribution in [0.3, 0.4) is 0 Å². The summed E-state index contributed by atoms with van der Waals surface area (Å²) in [6, 6.07) is 16.3. The summed E-state index contributed by atoms with van der Waals surface area (Å²) in [5.74, 6) is 0. The maximum Gasteiger partial charge on any atom is 0.0594 e. The SMILES string of the molecule is Nc1ccccc1N.O=NNc1ccccc1. The zero-order valence-electron chi connectivity index (χ0n) is 9.21. The van der Waals surface area contributed by atoms with Gasteiger partial charge in [-0.15, -0.1) is 4.91 Å². The molecule has 17 heavy (non-hydrogen) atoms. The largest absolute Gasteiger partial charge is 0.397 e. The molecule has 0 radical (unpaired) electrons. The molecule has 0 spiro atoms. The fraction of sp³-hybridized carbons (Fsp3) is 0. The van der Waals surface area contributed by atoms with Crippen molar-refractivity contribution in [2.24, 2.45) is 5.29 Å². The van der Waals surface area contributed by atoms with Crippen molar-refractivity contribution in [3.63, 3.8) is 0 Å². The molecular weight excluding hydrogens is 216 g/mol. The molecule has 88 valence electrons. The number of benzene rings is 2. The number of nitrogens with one attached hydrogen (secondary N) is 1. The highest BCUT2D eigenvalue weighted by Crippen LogP contribution is 2.10. The summed E-state index contributed by atoms with van der Waals surface area (Å²) in [6.45, 7) is 0. The molecule has 0 aliphatic rings. The minimum atomic E-state index is 0.646. The Morgan fingerprint density at radius 1 is 0.824 bits per heavy atom. The molecular formula is C12H14N4O. The van der Waals surface area contributed by atoms with E-state index in [1.165, 1.54) is 0 Å². The molecule has 5 heteroatoms. The first kappa shape index (κ1) is 12.5. The topological polar surface area (TPSA) is 93.5 Å². The van der Waals surface area contributed by atoms with E-state index in [-0.39, 0.29) is 0 Å². The summed E-state index contributed by atoms with van der Waals surface area (Å²) in [6.07, 6.45) is 0. The van der Waals surface area contributed by atoms with Gasteiger partial charge in [0.1, 0.15) is 0 Å². The minimum absolute atomic E-state index is 0.646. The van der Waals surface area contributed by atoms with Crippen LogP contribution in [0.2, 0.25) is 0 Å². The van der Waals surface area contributed by atoms with Crippen LogP contribution >= 0.6 is 0 Å². The fourth-order valence-electron chi connectivity index (χ4n) is 1.08. The first-order chi connectivity index (χ1) is 8.24. The zero-order chi connectivity index (χ0) is 12.5. The highest BCUT2D eigenvalue weighted by atomic mass is 16.3. The third-order valence-electron chi connectivity index (χ3n) is 1.94. The first-order valence-electron chi connectivity index (χ1n) is 4.97. The summed E-state index contributed by atoms with van der Waals surface area (Å²) in [5.41, 5.74) is 15.1. The van der Waals surface area contributed by atoms with Crippen molar-refractivity contribution < 1.29 is 0 Å². The van der Waals surface area contributed by atoms with Crippen LogP contribution in [0.25, 0.3) is 0 Å². The standard InChI is InChI=1S/C6H6N2O.C6H8N2/c9-8-7-6-4-2-1-3-5-6;7-5-3-1-2-4-6(5)8/h1-5H,(H,7,9);1-4H,7-8H2. The number of hydrogen-bond donors (Lipinski definition) is 3. The monoisotopic (exact) mass is 230 g/mol. The van der Waals surface area contributed by atoms with Crippen molar-refractivity contribution in [3.8, 4) is 0 Å². The van der Waals surface area contributed by atoms with Crippen LogP contribution in [-0.4, -0.2) is 0 Å². The van der Waals surface area contributed by atoms with Crippen LogP contribution < -0.4 is 16.9 Å². The predicted molar refractivity (Wildman–Crippen MR) is 71.1 cm³/mol. The molecule has 0 unspecified atom stereocenters. The van der Waals surface area contributed by atoms with Crippen LogP contribution in [0.4, 0.5) is 17.1 Å². The molecule has 2 aromatic carbocycles. The summed E-state index contributed by atoms with van der Waals surface area (Å²) in [7, 11) is 0. The number of para-hydroxylation sites is 3. The van der Waals surface area contributed by atoms with Gasteiger partial charge in [0, 0.05) is 0 Å². The second-order valence-electron chi connectivity index (χ2n) is 3.20. The summed E-state index contributed by atoms with van der Waals surface area (Å²) >= 11 is 0. The van der Waals surface area contributed by atoms with Crippen LogP contribution in [-0.2, 0) is 0 Å². The minimum Gasteiger partial charge on any atom is -0.397 e. The summed E-state index contributed by atoms with van der Waals surface area (Å²) in [5, 5.41) is 2.51.